The van der Waals surface area contributed by atoms with Gasteiger partial charge in [0.2, 0.25) is 5.91 Å². The molecule has 0 saturated heterocycles. The lowest BCUT2D eigenvalue weighted by molar-refractivity contribution is -0.128. The Labute approximate surface area is 138 Å². The smallest absolute Gasteiger partial charge is 0.241 e. The van der Waals surface area contributed by atoms with Crippen molar-refractivity contribution in [2.24, 2.45) is 0 Å². The van der Waals surface area contributed by atoms with E-state index in [1.165, 1.54) is 0 Å². The maximum atomic E-state index is 12.1. The van der Waals surface area contributed by atoms with Crippen LogP contribution in [0.25, 0.3) is 0 Å². The van der Waals surface area contributed by atoms with Crippen LogP contribution < -0.4 is 5.32 Å². The number of carbonyl (C=O) groups excluding carboxylic acids is 1. The fraction of sp³-hybridized carbons (Fsp3) is 0.188. The zero-order chi connectivity index (χ0) is 15.2. The first kappa shape index (κ1) is 15.9. The zero-order valence-electron chi connectivity index (χ0n) is 11.6. The van der Waals surface area contributed by atoms with Crippen LogP contribution >= 0.6 is 27.5 Å². The quantitative estimate of drug-likeness (QED) is 0.860. The molecule has 0 fully saturated rings. The second-order valence-corrected chi connectivity index (χ2v) is 5.94. The number of likely N-dealkylation sites (N-methyl/N-ethyl adjacent to an activating group) is 1. The van der Waals surface area contributed by atoms with Crippen LogP contribution in [-0.2, 0) is 11.3 Å². The molecule has 3 nitrogen and oxygen atoms in total. The van der Waals surface area contributed by atoms with Crippen LogP contribution in [0.4, 0.5) is 5.69 Å². The Morgan fingerprint density at radius 2 is 1.86 bits per heavy atom. The number of nitrogens with zero attached hydrogens (tertiary/aromatic N) is 1. The summed E-state index contributed by atoms with van der Waals surface area (Å²) in [6.45, 7) is 0.773. The van der Waals surface area contributed by atoms with E-state index in [9.17, 15) is 4.79 Å². The summed E-state index contributed by atoms with van der Waals surface area (Å²) >= 11 is 9.53. The highest BCUT2D eigenvalue weighted by Crippen LogP contribution is 2.20. The molecule has 0 spiro atoms. The molecule has 21 heavy (non-hydrogen) atoms. The first-order chi connectivity index (χ1) is 10.1. The Kier molecular flexibility index (Phi) is 5.65. The molecule has 0 saturated carbocycles. The van der Waals surface area contributed by atoms with Gasteiger partial charge >= 0.3 is 0 Å². The van der Waals surface area contributed by atoms with Crippen molar-refractivity contribution in [3.8, 4) is 0 Å². The third-order valence-corrected chi connectivity index (χ3v) is 4.20. The summed E-state index contributed by atoms with van der Waals surface area (Å²) in [5.74, 6) is 0.00525. The summed E-state index contributed by atoms with van der Waals surface area (Å²) < 4.78 is 1.00. The third kappa shape index (κ3) is 4.48. The molecule has 0 aromatic heterocycles. The first-order valence-corrected chi connectivity index (χ1v) is 7.71. The van der Waals surface area contributed by atoms with Gasteiger partial charge in [0, 0.05) is 18.1 Å². The van der Waals surface area contributed by atoms with Crippen molar-refractivity contribution < 1.29 is 4.79 Å². The molecule has 0 heterocycles. The van der Waals surface area contributed by atoms with Crippen molar-refractivity contribution in [3.05, 3.63) is 63.6 Å². The average molecular weight is 368 g/mol. The van der Waals surface area contributed by atoms with E-state index in [2.05, 4.69) is 21.2 Å². The number of nitrogens with one attached hydrogen (secondary N) is 1. The molecule has 1 N–H and O–H groups in total. The summed E-state index contributed by atoms with van der Waals surface area (Å²) in [5.41, 5.74) is 1.84. The fourth-order valence-electron chi connectivity index (χ4n) is 1.88. The molecule has 0 unspecified atom stereocenters. The summed E-state index contributed by atoms with van der Waals surface area (Å²) in [4.78, 5) is 13.8. The highest BCUT2D eigenvalue weighted by Gasteiger charge is 2.11. The van der Waals surface area contributed by atoms with Gasteiger partial charge in [-0.3, -0.25) is 4.79 Å². The second-order valence-electron chi connectivity index (χ2n) is 4.67. The second kappa shape index (κ2) is 7.48. The number of amides is 1. The summed E-state index contributed by atoms with van der Waals surface area (Å²) in [6, 6.07) is 15.3. The molecule has 0 aliphatic heterocycles. The number of hydrogen-bond acceptors (Lipinski definition) is 2. The normalized spacial score (nSPS) is 10.2. The molecule has 2 aromatic rings. The van der Waals surface area contributed by atoms with Gasteiger partial charge in [-0.15, -0.1) is 0 Å². The standard InChI is InChI=1S/C16H16BrClN2O/c1-20(11-12-6-2-3-7-13(12)17)16(21)10-19-15-9-5-4-8-14(15)18/h2-9,19H,10-11H2,1H3. The molecule has 1 amide bonds. The lowest BCUT2D eigenvalue weighted by Crippen LogP contribution is -2.31. The van der Waals surface area contributed by atoms with Gasteiger partial charge in [-0.05, 0) is 23.8 Å². The van der Waals surface area contributed by atoms with Crippen LogP contribution in [0.1, 0.15) is 5.56 Å². The molecule has 0 atom stereocenters. The van der Waals surface area contributed by atoms with E-state index in [-0.39, 0.29) is 12.5 Å². The Hall–Kier alpha value is -1.52. The number of para-hydroxylation sites is 1. The summed E-state index contributed by atoms with van der Waals surface area (Å²) in [5, 5.41) is 3.67. The highest BCUT2D eigenvalue weighted by molar-refractivity contribution is 9.10. The van der Waals surface area contributed by atoms with Crippen molar-refractivity contribution in [1.29, 1.82) is 0 Å². The van der Waals surface area contributed by atoms with Gasteiger partial charge in [0.05, 0.1) is 17.3 Å². The van der Waals surface area contributed by atoms with Gasteiger partial charge in [0.25, 0.3) is 0 Å². The number of anilines is 1. The van der Waals surface area contributed by atoms with Crippen LogP contribution in [0.3, 0.4) is 0 Å². The van der Waals surface area contributed by atoms with Gasteiger partial charge in [-0.1, -0.05) is 57.9 Å². The Morgan fingerprint density at radius 3 is 2.57 bits per heavy atom. The van der Waals surface area contributed by atoms with Gasteiger partial charge in [0.15, 0.2) is 0 Å². The van der Waals surface area contributed by atoms with Gasteiger partial charge in [-0.25, -0.2) is 0 Å². The Bertz CT molecular complexity index is 633. The van der Waals surface area contributed by atoms with E-state index in [4.69, 9.17) is 11.6 Å². The molecule has 5 heteroatoms. The SMILES string of the molecule is CN(Cc1ccccc1Br)C(=O)CNc1ccccc1Cl. The minimum absolute atomic E-state index is 0.00525. The summed E-state index contributed by atoms with van der Waals surface area (Å²) in [6.07, 6.45) is 0. The molecule has 0 bridgehead atoms. The van der Waals surface area contributed by atoms with Crippen molar-refractivity contribution in [2.45, 2.75) is 6.54 Å². The monoisotopic (exact) mass is 366 g/mol. The number of benzene rings is 2. The maximum absolute atomic E-state index is 12.1. The predicted octanol–water partition coefficient (Wildman–Crippen LogP) is 4.17. The number of halogens is 2. The lowest BCUT2D eigenvalue weighted by atomic mass is 10.2. The average Bonchev–Trinajstić information content (AvgIpc) is 2.48. The van der Waals surface area contributed by atoms with E-state index in [1.54, 1.807) is 18.0 Å². The first-order valence-electron chi connectivity index (χ1n) is 6.53. The number of hydrogen-bond donors (Lipinski definition) is 1. The highest BCUT2D eigenvalue weighted by atomic mass is 79.9. The number of rotatable bonds is 5. The topological polar surface area (TPSA) is 32.3 Å². The maximum Gasteiger partial charge on any atom is 0.241 e. The van der Waals surface area contributed by atoms with Gasteiger partial charge in [-0.2, -0.15) is 0 Å². The van der Waals surface area contributed by atoms with Crippen LogP contribution in [0.5, 0.6) is 0 Å². The molecule has 0 aliphatic rings. The summed E-state index contributed by atoms with van der Waals surface area (Å²) in [7, 11) is 1.79. The molecular weight excluding hydrogens is 352 g/mol. The van der Waals surface area contributed by atoms with E-state index in [0.29, 0.717) is 11.6 Å². The van der Waals surface area contributed by atoms with E-state index in [0.717, 1.165) is 15.7 Å². The minimum atomic E-state index is 0.00525. The molecule has 2 rings (SSSR count). The Balaban J connectivity index is 1.91. The van der Waals surface area contributed by atoms with E-state index >= 15 is 0 Å². The molecular formula is C16H16BrClN2O. The van der Waals surface area contributed by atoms with Crippen molar-refractivity contribution in [2.75, 3.05) is 18.9 Å². The van der Waals surface area contributed by atoms with Crippen LogP contribution in [-0.4, -0.2) is 24.4 Å². The van der Waals surface area contributed by atoms with Crippen molar-refractivity contribution in [3.63, 3.8) is 0 Å². The van der Waals surface area contributed by atoms with E-state index in [1.807, 2.05) is 42.5 Å². The van der Waals surface area contributed by atoms with Gasteiger partial charge < -0.3 is 10.2 Å². The molecule has 0 aliphatic carbocycles. The van der Waals surface area contributed by atoms with Crippen LogP contribution in [0, 0.1) is 0 Å². The molecule has 0 radical (unpaired) electrons. The van der Waals surface area contributed by atoms with Crippen molar-refractivity contribution >= 4 is 39.1 Å². The lowest BCUT2D eigenvalue weighted by Gasteiger charge is -2.19. The molecule has 2 aromatic carbocycles. The van der Waals surface area contributed by atoms with Gasteiger partial charge in [0.1, 0.15) is 0 Å². The van der Waals surface area contributed by atoms with E-state index < -0.39 is 0 Å². The van der Waals surface area contributed by atoms with Crippen LogP contribution in [0.2, 0.25) is 5.02 Å². The fourth-order valence-corrected chi connectivity index (χ4v) is 2.49. The third-order valence-electron chi connectivity index (χ3n) is 3.10. The van der Waals surface area contributed by atoms with Crippen molar-refractivity contribution in [1.82, 2.24) is 4.90 Å². The predicted molar refractivity (Wildman–Crippen MR) is 90.6 cm³/mol. The molecule has 110 valence electrons. The largest absolute Gasteiger partial charge is 0.375 e. The zero-order valence-corrected chi connectivity index (χ0v) is 14.0. The number of carbonyl (C=O) groups is 1. The Morgan fingerprint density at radius 1 is 1.19 bits per heavy atom. The minimum Gasteiger partial charge on any atom is -0.375 e. The van der Waals surface area contributed by atoms with Crippen LogP contribution in [0.15, 0.2) is 53.0 Å².